The molecule has 0 saturated heterocycles. The third kappa shape index (κ3) is 2.36. The highest BCUT2D eigenvalue weighted by molar-refractivity contribution is 5.75. The molecule has 0 radical (unpaired) electrons. The molecule has 0 fully saturated rings. The molecule has 2 aromatic rings. The van der Waals surface area contributed by atoms with E-state index in [1.807, 2.05) is 38.1 Å². The van der Waals surface area contributed by atoms with Crippen LogP contribution in [0.15, 0.2) is 30.6 Å². The van der Waals surface area contributed by atoms with E-state index >= 15 is 0 Å². The molecule has 2 rings (SSSR count). The Morgan fingerprint density at radius 2 is 1.88 bits per heavy atom. The largest absolute Gasteiger partial charge is 0.494 e. The lowest BCUT2D eigenvalue weighted by atomic mass is 10.1. The number of nitrogen functional groups attached to an aromatic ring is 1. The molecule has 88 valence electrons. The lowest BCUT2D eigenvalue weighted by Crippen LogP contribution is -1.98. The van der Waals surface area contributed by atoms with Gasteiger partial charge in [0.15, 0.2) is 0 Å². The molecule has 0 atom stereocenters. The van der Waals surface area contributed by atoms with Gasteiger partial charge in [-0.3, -0.25) is 0 Å². The maximum Gasteiger partial charge on any atom is 0.134 e. The predicted molar refractivity (Wildman–Crippen MR) is 67.8 cm³/mol. The van der Waals surface area contributed by atoms with E-state index in [0.717, 1.165) is 22.6 Å². The van der Waals surface area contributed by atoms with Crippen molar-refractivity contribution >= 4 is 5.82 Å². The van der Waals surface area contributed by atoms with E-state index in [1.165, 1.54) is 6.33 Å². The Kier molecular flexibility index (Phi) is 3.23. The Morgan fingerprint density at radius 3 is 2.47 bits per heavy atom. The molecule has 0 bridgehead atoms. The topological polar surface area (TPSA) is 61.0 Å². The quantitative estimate of drug-likeness (QED) is 0.878. The summed E-state index contributed by atoms with van der Waals surface area (Å²) in [5.74, 6) is 1.35. The van der Waals surface area contributed by atoms with Crippen molar-refractivity contribution in [1.82, 2.24) is 9.97 Å². The van der Waals surface area contributed by atoms with Gasteiger partial charge in [0.05, 0.1) is 12.3 Å². The molecule has 0 spiro atoms. The summed E-state index contributed by atoms with van der Waals surface area (Å²) in [4.78, 5) is 8.16. The first-order chi connectivity index (χ1) is 8.22. The smallest absolute Gasteiger partial charge is 0.134 e. The van der Waals surface area contributed by atoms with Gasteiger partial charge in [0, 0.05) is 5.56 Å². The molecule has 0 amide bonds. The summed E-state index contributed by atoms with van der Waals surface area (Å²) in [6.07, 6.45) is 1.47. The second-order valence-electron chi connectivity index (χ2n) is 3.68. The fourth-order valence-corrected chi connectivity index (χ4v) is 1.73. The van der Waals surface area contributed by atoms with Crippen LogP contribution in [0.2, 0.25) is 0 Å². The van der Waals surface area contributed by atoms with Gasteiger partial charge in [-0.25, -0.2) is 9.97 Å². The molecule has 1 aromatic heterocycles. The standard InChI is InChI=1S/C13H15N3O/c1-3-17-11-6-4-10(5-7-11)12-9(2)15-8-16-13(12)14/h4-8H,3H2,1-2H3,(H2,14,15,16). The van der Waals surface area contributed by atoms with Crippen molar-refractivity contribution in [1.29, 1.82) is 0 Å². The molecule has 17 heavy (non-hydrogen) atoms. The van der Waals surface area contributed by atoms with Crippen molar-refractivity contribution in [3.05, 3.63) is 36.3 Å². The number of anilines is 1. The van der Waals surface area contributed by atoms with Crippen LogP contribution in [0.4, 0.5) is 5.82 Å². The maximum atomic E-state index is 5.87. The predicted octanol–water partition coefficient (Wildman–Crippen LogP) is 2.43. The zero-order valence-electron chi connectivity index (χ0n) is 9.97. The van der Waals surface area contributed by atoms with Crippen LogP contribution < -0.4 is 10.5 Å². The fraction of sp³-hybridized carbons (Fsp3) is 0.231. The van der Waals surface area contributed by atoms with Gasteiger partial charge in [-0.1, -0.05) is 12.1 Å². The lowest BCUT2D eigenvalue weighted by molar-refractivity contribution is 0.340. The van der Waals surface area contributed by atoms with Gasteiger partial charge in [0.1, 0.15) is 17.9 Å². The van der Waals surface area contributed by atoms with Crippen molar-refractivity contribution in [3.63, 3.8) is 0 Å². The second kappa shape index (κ2) is 4.82. The molecular formula is C13H15N3O. The minimum Gasteiger partial charge on any atom is -0.494 e. The zero-order chi connectivity index (χ0) is 12.3. The molecule has 4 heteroatoms. The minimum atomic E-state index is 0.502. The summed E-state index contributed by atoms with van der Waals surface area (Å²) in [5, 5.41) is 0. The Bertz CT molecular complexity index is 488. The van der Waals surface area contributed by atoms with Gasteiger partial charge < -0.3 is 10.5 Å². The summed E-state index contributed by atoms with van der Waals surface area (Å²) < 4.78 is 5.39. The van der Waals surface area contributed by atoms with E-state index in [1.54, 1.807) is 0 Å². The molecule has 0 aliphatic rings. The van der Waals surface area contributed by atoms with Crippen molar-refractivity contribution < 1.29 is 4.74 Å². The Morgan fingerprint density at radius 1 is 1.18 bits per heavy atom. The number of hydrogen-bond donors (Lipinski definition) is 1. The van der Waals surface area contributed by atoms with Crippen LogP contribution in [0.25, 0.3) is 11.1 Å². The number of rotatable bonds is 3. The molecule has 0 unspecified atom stereocenters. The molecule has 1 heterocycles. The van der Waals surface area contributed by atoms with Gasteiger partial charge in [0.2, 0.25) is 0 Å². The Hall–Kier alpha value is -2.10. The highest BCUT2D eigenvalue weighted by atomic mass is 16.5. The summed E-state index contributed by atoms with van der Waals surface area (Å²) in [6, 6.07) is 7.77. The van der Waals surface area contributed by atoms with Crippen LogP contribution in [0.1, 0.15) is 12.6 Å². The molecule has 0 aliphatic heterocycles. The van der Waals surface area contributed by atoms with Crippen LogP contribution in [0.3, 0.4) is 0 Å². The van der Waals surface area contributed by atoms with Crippen molar-refractivity contribution in [3.8, 4) is 16.9 Å². The van der Waals surface area contributed by atoms with Gasteiger partial charge in [-0.05, 0) is 31.5 Å². The summed E-state index contributed by atoms with van der Waals surface area (Å²) in [7, 11) is 0. The number of ether oxygens (including phenoxy) is 1. The monoisotopic (exact) mass is 229 g/mol. The highest BCUT2D eigenvalue weighted by Gasteiger charge is 2.08. The zero-order valence-corrected chi connectivity index (χ0v) is 9.97. The normalized spacial score (nSPS) is 10.2. The van der Waals surface area contributed by atoms with E-state index in [4.69, 9.17) is 10.5 Å². The molecular weight excluding hydrogens is 214 g/mol. The summed E-state index contributed by atoms with van der Waals surface area (Å²) in [6.45, 7) is 4.54. The average molecular weight is 229 g/mol. The van der Waals surface area contributed by atoms with E-state index in [2.05, 4.69) is 9.97 Å². The van der Waals surface area contributed by atoms with E-state index in [-0.39, 0.29) is 0 Å². The fourth-order valence-electron chi connectivity index (χ4n) is 1.73. The Labute approximate surface area is 100 Å². The average Bonchev–Trinajstić information content (AvgIpc) is 2.31. The minimum absolute atomic E-state index is 0.502. The van der Waals surface area contributed by atoms with E-state index in [0.29, 0.717) is 12.4 Å². The van der Waals surface area contributed by atoms with Crippen LogP contribution >= 0.6 is 0 Å². The first kappa shape index (κ1) is 11.4. The lowest BCUT2D eigenvalue weighted by Gasteiger charge is -2.08. The number of nitrogens with two attached hydrogens (primary N) is 1. The van der Waals surface area contributed by atoms with Crippen molar-refractivity contribution in [2.45, 2.75) is 13.8 Å². The summed E-state index contributed by atoms with van der Waals surface area (Å²) >= 11 is 0. The van der Waals surface area contributed by atoms with Crippen LogP contribution in [0, 0.1) is 6.92 Å². The van der Waals surface area contributed by atoms with Crippen LogP contribution in [-0.4, -0.2) is 16.6 Å². The first-order valence-electron chi connectivity index (χ1n) is 5.52. The molecule has 4 nitrogen and oxygen atoms in total. The number of nitrogens with zero attached hydrogens (tertiary/aromatic N) is 2. The van der Waals surface area contributed by atoms with Gasteiger partial charge in [0.25, 0.3) is 0 Å². The third-order valence-electron chi connectivity index (χ3n) is 2.52. The van der Waals surface area contributed by atoms with Gasteiger partial charge >= 0.3 is 0 Å². The Balaban J connectivity index is 2.40. The SMILES string of the molecule is CCOc1ccc(-c2c(C)ncnc2N)cc1. The summed E-state index contributed by atoms with van der Waals surface area (Å²) in [5.41, 5.74) is 8.63. The van der Waals surface area contributed by atoms with E-state index in [9.17, 15) is 0 Å². The van der Waals surface area contributed by atoms with Crippen molar-refractivity contribution in [2.24, 2.45) is 0 Å². The van der Waals surface area contributed by atoms with Gasteiger partial charge in [-0.2, -0.15) is 0 Å². The number of aromatic nitrogens is 2. The third-order valence-corrected chi connectivity index (χ3v) is 2.52. The number of hydrogen-bond acceptors (Lipinski definition) is 4. The highest BCUT2D eigenvalue weighted by Crippen LogP contribution is 2.27. The molecule has 0 aliphatic carbocycles. The van der Waals surface area contributed by atoms with Crippen molar-refractivity contribution in [2.75, 3.05) is 12.3 Å². The maximum absolute atomic E-state index is 5.87. The van der Waals surface area contributed by atoms with Crippen LogP contribution in [0.5, 0.6) is 5.75 Å². The first-order valence-corrected chi connectivity index (χ1v) is 5.52. The molecule has 0 saturated carbocycles. The van der Waals surface area contributed by atoms with Crippen LogP contribution in [-0.2, 0) is 0 Å². The molecule has 2 N–H and O–H groups in total. The van der Waals surface area contributed by atoms with E-state index < -0.39 is 0 Å². The van der Waals surface area contributed by atoms with Gasteiger partial charge in [-0.15, -0.1) is 0 Å². The molecule has 1 aromatic carbocycles. The second-order valence-corrected chi connectivity index (χ2v) is 3.68. The number of benzene rings is 1. The number of aryl methyl sites for hydroxylation is 1.